The van der Waals surface area contributed by atoms with E-state index < -0.39 is 0 Å². The van der Waals surface area contributed by atoms with Crippen molar-refractivity contribution in [3.63, 3.8) is 0 Å². The zero-order valence-electron chi connectivity index (χ0n) is 18.2. The summed E-state index contributed by atoms with van der Waals surface area (Å²) in [5, 5.41) is 11.7. The molecule has 0 bridgehead atoms. The van der Waals surface area contributed by atoms with Crippen molar-refractivity contribution in [2.45, 2.75) is 45.6 Å². The molecule has 0 unspecified atom stereocenters. The molecule has 0 aliphatic carbocycles. The number of piperidine rings is 1. The van der Waals surface area contributed by atoms with Gasteiger partial charge in [0.1, 0.15) is 5.69 Å². The first-order valence-electron chi connectivity index (χ1n) is 10.6. The van der Waals surface area contributed by atoms with Crippen molar-refractivity contribution >= 4 is 5.91 Å². The maximum atomic E-state index is 12.8. The Balaban J connectivity index is 1.39. The van der Waals surface area contributed by atoms with Crippen LogP contribution in [0.4, 0.5) is 0 Å². The van der Waals surface area contributed by atoms with Crippen LogP contribution in [-0.4, -0.2) is 48.9 Å². The Kier molecular flexibility index (Phi) is 5.71. The molecule has 1 aliphatic heterocycles. The van der Waals surface area contributed by atoms with Crippen molar-refractivity contribution in [1.29, 1.82) is 0 Å². The van der Waals surface area contributed by atoms with Crippen molar-refractivity contribution in [3.05, 3.63) is 64.5 Å². The minimum atomic E-state index is -0.109. The number of aromatic amines is 1. The molecule has 0 spiro atoms. The van der Waals surface area contributed by atoms with Crippen molar-refractivity contribution in [2.75, 3.05) is 13.1 Å². The lowest BCUT2D eigenvalue weighted by molar-refractivity contribution is 0.0674. The van der Waals surface area contributed by atoms with Gasteiger partial charge in [0.05, 0.1) is 5.69 Å². The fourth-order valence-corrected chi connectivity index (χ4v) is 3.80. The number of pyridine rings is 1. The van der Waals surface area contributed by atoms with E-state index in [0.717, 1.165) is 29.8 Å². The summed E-state index contributed by atoms with van der Waals surface area (Å²) in [6.07, 6.45) is 5.08. The molecular weight excluding hydrogens is 392 g/mol. The number of carbonyl (C=O) groups is 1. The molecule has 162 valence electrons. The Labute approximate surface area is 181 Å². The molecule has 1 saturated heterocycles. The topological polar surface area (TPSA) is 96.8 Å². The zero-order valence-corrected chi connectivity index (χ0v) is 18.2. The molecular formula is C23H28N6O2. The Hall–Kier alpha value is -3.29. The molecule has 3 aromatic rings. The van der Waals surface area contributed by atoms with Crippen LogP contribution in [0.3, 0.4) is 0 Å². The highest BCUT2D eigenvalue weighted by Gasteiger charge is 2.27. The average Bonchev–Trinajstić information content (AvgIpc) is 3.27. The van der Waals surface area contributed by atoms with Crippen LogP contribution in [0, 0.1) is 5.92 Å². The van der Waals surface area contributed by atoms with Crippen LogP contribution in [-0.2, 0) is 12.0 Å². The number of hydrogen-bond acceptors (Lipinski definition) is 5. The molecule has 8 nitrogen and oxygen atoms in total. The summed E-state index contributed by atoms with van der Waals surface area (Å²) in [6, 6.07) is 8.90. The zero-order chi connectivity index (χ0) is 22.0. The minimum Gasteiger partial charge on any atom is -0.337 e. The molecule has 0 radical (unpaired) electrons. The summed E-state index contributed by atoms with van der Waals surface area (Å²) in [6.45, 7) is 8.11. The molecule has 31 heavy (non-hydrogen) atoms. The Morgan fingerprint density at radius 2 is 1.84 bits per heavy atom. The number of likely N-dealkylation sites (tertiary alicyclic amines) is 1. The SMILES string of the molecule is CC(C)(C)c1cc(C(=O)N2CCC(Cn3nc(-c4ccncc4)ccc3=O)CC2)n[nH]1. The van der Waals surface area contributed by atoms with Gasteiger partial charge in [-0.2, -0.15) is 10.2 Å². The van der Waals surface area contributed by atoms with E-state index in [-0.39, 0.29) is 16.9 Å². The lowest BCUT2D eigenvalue weighted by atomic mass is 9.92. The van der Waals surface area contributed by atoms with E-state index in [1.807, 2.05) is 23.1 Å². The van der Waals surface area contributed by atoms with E-state index in [1.165, 1.54) is 0 Å². The van der Waals surface area contributed by atoms with Gasteiger partial charge < -0.3 is 4.90 Å². The lowest BCUT2D eigenvalue weighted by Crippen LogP contribution is -2.40. The van der Waals surface area contributed by atoms with E-state index >= 15 is 0 Å². The molecule has 4 rings (SSSR count). The lowest BCUT2D eigenvalue weighted by Gasteiger charge is -2.31. The molecule has 1 amide bonds. The monoisotopic (exact) mass is 420 g/mol. The summed E-state index contributed by atoms with van der Waals surface area (Å²) < 4.78 is 1.54. The van der Waals surface area contributed by atoms with Crippen LogP contribution in [0.2, 0.25) is 0 Å². The minimum absolute atomic E-state index is 0.0415. The van der Waals surface area contributed by atoms with Crippen LogP contribution in [0.1, 0.15) is 49.8 Å². The van der Waals surface area contributed by atoms with E-state index in [0.29, 0.717) is 31.2 Å². The van der Waals surface area contributed by atoms with Crippen molar-refractivity contribution in [3.8, 4) is 11.3 Å². The fraction of sp³-hybridized carbons (Fsp3) is 0.435. The highest BCUT2D eigenvalue weighted by molar-refractivity contribution is 5.92. The number of amides is 1. The van der Waals surface area contributed by atoms with Crippen LogP contribution >= 0.6 is 0 Å². The van der Waals surface area contributed by atoms with Gasteiger partial charge >= 0.3 is 0 Å². The van der Waals surface area contributed by atoms with Crippen LogP contribution in [0.5, 0.6) is 0 Å². The molecule has 3 aromatic heterocycles. The number of carbonyl (C=O) groups excluding carboxylic acids is 1. The second kappa shape index (κ2) is 8.45. The molecule has 0 atom stereocenters. The smallest absolute Gasteiger partial charge is 0.274 e. The van der Waals surface area contributed by atoms with Crippen molar-refractivity contribution in [1.82, 2.24) is 29.9 Å². The summed E-state index contributed by atoms with van der Waals surface area (Å²) in [7, 11) is 0. The first-order chi connectivity index (χ1) is 14.8. The molecule has 1 aliphatic rings. The van der Waals surface area contributed by atoms with Crippen molar-refractivity contribution < 1.29 is 4.79 Å². The number of aromatic nitrogens is 5. The van der Waals surface area contributed by atoms with Gasteiger partial charge in [-0.25, -0.2) is 4.68 Å². The van der Waals surface area contributed by atoms with Crippen LogP contribution < -0.4 is 5.56 Å². The molecule has 0 aromatic carbocycles. The van der Waals surface area contributed by atoms with Crippen LogP contribution in [0.15, 0.2) is 47.5 Å². The Morgan fingerprint density at radius 3 is 2.48 bits per heavy atom. The summed E-state index contributed by atoms with van der Waals surface area (Å²) >= 11 is 0. The molecule has 0 saturated carbocycles. The standard InChI is InChI=1S/C23H28N6O2/c1-23(2,3)20-14-19(25-26-20)22(31)28-12-8-16(9-13-28)15-29-21(30)5-4-18(27-29)17-6-10-24-11-7-17/h4-7,10-11,14,16H,8-9,12-13,15H2,1-3H3,(H,25,26). The van der Waals surface area contributed by atoms with E-state index in [4.69, 9.17) is 0 Å². The maximum absolute atomic E-state index is 12.8. The largest absolute Gasteiger partial charge is 0.337 e. The maximum Gasteiger partial charge on any atom is 0.274 e. The number of nitrogens with zero attached hydrogens (tertiary/aromatic N) is 5. The van der Waals surface area contributed by atoms with Gasteiger partial charge in [0.15, 0.2) is 0 Å². The van der Waals surface area contributed by atoms with Crippen molar-refractivity contribution in [2.24, 2.45) is 5.92 Å². The summed E-state index contributed by atoms with van der Waals surface area (Å²) in [5.41, 5.74) is 2.91. The van der Waals surface area contributed by atoms with E-state index in [1.54, 1.807) is 29.2 Å². The number of nitrogens with one attached hydrogen (secondary N) is 1. The molecule has 1 fully saturated rings. The van der Waals surface area contributed by atoms with E-state index in [2.05, 4.69) is 41.1 Å². The number of rotatable bonds is 4. The Bertz CT molecular complexity index is 1100. The van der Waals surface area contributed by atoms with E-state index in [9.17, 15) is 9.59 Å². The summed E-state index contributed by atoms with van der Waals surface area (Å²) in [5.74, 6) is 0.256. The molecule has 4 heterocycles. The second-order valence-corrected chi connectivity index (χ2v) is 9.13. The number of H-pyrrole nitrogens is 1. The van der Waals surface area contributed by atoms with Gasteiger partial charge in [-0.1, -0.05) is 20.8 Å². The molecule has 1 N–H and O–H groups in total. The first-order valence-corrected chi connectivity index (χ1v) is 10.6. The average molecular weight is 421 g/mol. The van der Waals surface area contributed by atoms with Gasteiger partial charge in [0.2, 0.25) is 0 Å². The summed E-state index contributed by atoms with van der Waals surface area (Å²) in [4.78, 5) is 31.0. The second-order valence-electron chi connectivity index (χ2n) is 9.13. The predicted octanol–water partition coefficient (Wildman–Crippen LogP) is 2.88. The third kappa shape index (κ3) is 4.73. The normalized spacial score (nSPS) is 15.3. The highest BCUT2D eigenvalue weighted by atomic mass is 16.2. The van der Waals surface area contributed by atoms with Gasteiger partial charge in [-0.15, -0.1) is 0 Å². The van der Waals surface area contributed by atoms with Gasteiger partial charge in [-0.3, -0.25) is 19.7 Å². The molecule has 8 heteroatoms. The third-order valence-corrected chi connectivity index (χ3v) is 5.78. The van der Waals surface area contributed by atoms with Gasteiger partial charge in [-0.05, 0) is 43.0 Å². The number of hydrogen-bond donors (Lipinski definition) is 1. The van der Waals surface area contributed by atoms with Gasteiger partial charge in [0.25, 0.3) is 11.5 Å². The van der Waals surface area contributed by atoms with Gasteiger partial charge in [0, 0.05) is 54.8 Å². The Morgan fingerprint density at radius 1 is 1.13 bits per heavy atom. The predicted molar refractivity (Wildman–Crippen MR) is 118 cm³/mol. The van der Waals surface area contributed by atoms with Crippen LogP contribution in [0.25, 0.3) is 11.3 Å². The quantitative estimate of drug-likeness (QED) is 0.700. The first kappa shape index (κ1) is 21.0. The fourth-order valence-electron chi connectivity index (χ4n) is 3.80. The third-order valence-electron chi connectivity index (χ3n) is 5.78. The highest BCUT2D eigenvalue weighted by Crippen LogP contribution is 2.23.